The normalized spacial score (nSPS) is 12.6. The van der Waals surface area contributed by atoms with Crippen molar-refractivity contribution in [3.8, 4) is 44.5 Å². The van der Waals surface area contributed by atoms with Crippen molar-refractivity contribution in [2.75, 3.05) is 9.80 Å². The van der Waals surface area contributed by atoms with Crippen molar-refractivity contribution >= 4 is 44.9 Å². The van der Waals surface area contributed by atoms with E-state index >= 15 is 0 Å². The third-order valence-electron chi connectivity index (χ3n) is 14.0. The molecule has 0 atom stereocenters. The van der Waals surface area contributed by atoms with Crippen LogP contribution < -0.4 is 9.80 Å². The number of para-hydroxylation sites is 2. The number of fused-ring (bicyclic) bond motifs is 11. The molecular formula is C65H44N2. The highest BCUT2D eigenvalue weighted by Gasteiger charge is 2.52. The standard InChI is InChI=1S/C65H44N2/c1-5-19-45(20-6-1)47-23-17-29-53(39-47)66(51-25-9-3-10-26-51)55-36-35-49-42-60-59-38-37-56(67(52-27-11-4-12-28-52)54-30-18-24-48(40-54)46-21-7-2-8-22-46)44-64(59)65(63(60)43-50(49)41-55)61-33-15-13-31-57(61)58-32-14-16-34-62(58)65/h1-44H. The largest absolute Gasteiger partial charge is 0.310 e. The Bertz CT molecular complexity index is 3590. The topological polar surface area (TPSA) is 6.48 Å². The minimum absolute atomic E-state index is 0.546. The Morgan fingerprint density at radius 1 is 0.209 bits per heavy atom. The maximum Gasteiger partial charge on any atom is 0.0726 e. The van der Waals surface area contributed by atoms with Crippen LogP contribution >= 0.6 is 0 Å². The summed E-state index contributed by atoms with van der Waals surface area (Å²) in [5.74, 6) is 0. The van der Waals surface area contributed by atoms with Crippen molar-refractivity contribution < 1.29 is 0 Å². The summed E-state index contributed by atoms with van der Waals surface area (Å²) in [5.41, 5.74) is 21.3. The predicted octanol–water partition coefficient (Wildman–Crippen LogP) is 17.5. The van der Waals surface area contributed by atoms with E-state index in [1.54, 1.807) is 0 Å². The van der Waals surface area contributed by atoms with E-state index in [-0.39, 0.29) is 0 Å². The van der Waals surface area contributed by atoms with Gasteiger partial charge in [-0.05, 0) is 162 Å². The molecule has 2 aliphatic rings. The fourth-order valence-electron chi connectivity index (χ4n) is 11.1. The van der Waals surface area contributed by atoms with Crippen LogP contribution in [0.5, 0.6) is 0 Å². The predicted molar refractivity (Wildman–Crippen MR) is 280 cm³/mol. The zero-order chi connectivity index (χ0) is 44.3. The van der Waals surface area contributed by atoms with Gasteiger partial charge in [0.15, 0.2) is 0 Å². The Hall–Kier alpha value is -8.72. The van der Waals surface area contributed by atoms with Gasteiger partial charge in [-0.2, -0.15) is 0 Å². The molecule has 11 aromatic carbocycles. The van der Waals surface area contributed by atoms with Gasteiger partial charge in [0.05, 0.1) is 5.41 Å². The van der Waals surface area contributed by atoms with Crippen LogP contribution in [0.3, 0.4) is 0 Å². The minimum atomic E-state index is -0.546. The van der Waals surface area contributed by atoms with E-state index in [9.17, 15) is 0 Å². The molecule has 2 nitrogen and oxygen atoms in total. The SMILES string of the molecule is c1ccc(-c2cccc(N(c3ccccc3)c3ccc4c(c3)C3(c5ccccc5-c5ccccc53)c3cc5cc(N(c6ccccc6)c6cccc(-c7ccccc7)c6)ccc5cc3-4)c2)cc1. The van der Waals surface area contributed by atoms with Crippen LogP contribution in [-0.2, 0) is 5.41 Å². The second kappa shape index (κ2) is 15.8. The molecular weight excluding hydrogens is 809 g/mol. The van der Waals surface area contributed by atoms with Crippen molar-refractivity contribution in [2.24, 2.45) is 0 Å². The van der Waals surface area contributed by atoms with E-state index in [1.807, 2.05) is 0 Å². The lowest BCUT2D eigenvalue weighted by atomic mass is 9.70. The lowest BCUT2D eigenvalue weighted by molar-refractivity contribution is 0.795. The van der Waals surface area contributed by atoms with Crippen LogP contribution in [0.1, 0.15) is 22.3 Å². The molecule has 0 unspecified atom stereocenters. The number of hydrogen-bond acceptors (Lipinski definition) is 2. The molecule has 0 fully saturated rings. The number of anilines is 6. The number of hydrogen-bond donors (Lipinski definition) is 0. The molecule has 0 aliphatic heterocycles. The fourth-order valence-corrected chi connectivity index (χ4v) is 11.1. The van der Waals surface area contributed by atoms with Gasteiger partial charge in [-0.3, -0.25) is 0 Å². The minimum Gasteiger partial charge on any atom is -0.310 e. The van der Waals surface area contributed by atoms with E-state index < -0.39 is 5.41 Å². The Balaban J connectivity index is 1.02. The number of benzene rings is 11. The van der Waals surface area contributed by atoms with Crippen molar-refractivity contribution in [3.05, 3.63) is 289 Å². The highest BCUT2D eigenvalue weighted by Crippen LogP contribution is 2.64. The Morgan fingerprint density at radius 3 is 1.16 bits per heavy atom. The van der Waals surface area contributed by atoms with Gasteiger partial charge in [0.2, 0.25) is 0 Å². The van der Waals surface area contributed by atoms with Crippen LogP contribution in [-0.4, -0.2) is 0 Å². The summed E-state index contributed by atoms with van der Waals surface area (Å²) < 4.78 is 0. The van der Waals surface area contributed by atoms with Crippen molar-refractivity contribution in [1.29, 1.82) is 0 Å². The number of rotatable bonds is 8. The molecule has 0 heterocycles. The van der Waals surface area contributed by atoms with E-state index in [2.05, 4.69) is 277 Å². The summed E-state index contributed by atoms with van der Waals surface area (Å²) in [6.07, 6.45) is 0. The van der Waals surface area contributed by atoms with Gasteiger partial charge in [-0.15, -0.1) is 0 Å². The van der Waals surface area contributed by atoms with E-state index in [1.165, 1.54) is 77.5 Å². The lowest BCUT2D eigenvalue weighted by Crippen LogP contribution is -2.26. The zero-order valence-corrected chi connectivity index (χ0v) is 36.8. The van der Waals surface area contributed by atoms with Gasteiger partial charge < -0.3 is 9.80 Å². The summed E-state index contributed by atoms with van der Waals surface area (Å²) >= 11 is 0. The molecule has 1 spiro atoms. The molecule has 0 bridgehead atoms. The number of nitrogens with zero attached hydrogens (tertiary/aromatic N) is 2. The molecule has 0 aromatic heterocycles. The van der Waals surface area contributed by atoms with Gasteiger partial charge >= 0.3 is 0 Å². The molecule has 314 valence electrons. The molecule has 2 aliphatic carbocycles. The van der Waals surface area contributed by atoms with Gasteiger partial charge in [-0.1, -0.05) is 182 Å². The van der Waals surface area contributed by atoms with Gasteiger partial charge in [-0.25, -0.2) is 0 Å². The third-order valence-corrected chi connectivity index (χ3v) is 14.0. The first kappa shape index (κ1) is 38.7. The average molecular weight is 853 g/mol. The zero-order valence-electron chi connectivity index (χ0n) is 36.8. The summed E-state index contributed by atoms with van der Waals surface area (Å²) in [6, 6.07) is 98.1. The maximum atomic E-state index is 2.51. The highest BCUT2D eigenvalue weighted by molar-refractivity contribution is 6.02. The van der Waals surface area contributed by atoms with E-state index in [0.717, 1.165) is 34.1 Å². The van der Waals surface area contributed by atoms with Crippen molar-refractivity contribution in [2.45, 2.75) is 5.41 Å². The second-order valence-corrected chi connectivity index (χ2v) is 17.7. The second-order valence-electron chi connectivity index (χ2n) is 17.7. The molecule has 67 heavy (non-hydrogen) atoms. The van der Waals surface area contributed by atoms with Crippen LogP contribution in [0.15, 0.2) is 267 Å². The summed E-state index contributed by atoms with van der Waals surface area (Å²) in [6.45, 7) is 0. The molecule has 11 aromatic rings. The summed E-state index contributed by atoms with van der Waals surface area (Å²) in [7, 11) is 0. The lowest BCUT2D eigenvalue weighted by Gasteiger charge is -2.32. The monoisotopic (exact) mass is 852 g/mol. The van der Waals surface area contributed by atoms with Crippen LogP contribution in [0.2, 0.25) is 0 Å². The van der Waals surface area contributed by atoms with Crippen molar-refractivity contribution in [1.82, 2.24) is 0 Å². The summed E-state index contributed by atoms with van der Waals surface area (Å²) in [4.78, 5) is 4.81. The molecule has 0 amide bonds. The molecule has 2 heteroatoms. The Labute approximate surface area is 391 Å². The van der Waals surface area contributed by atoms with Gasteiger partial charge in [0.25, 0.3) is 0 Å². The Morgan fingerprint density at radius 2 is 0.612 bits per heavy atom. The van der Waals surface area contributed by atoms with E-state index in [4.69, 9.17) is 0 Å². The first-order valence-electron chi connectivity index (χ1n) is 23.2. The molecule has 13 rings (SSSR count). The molecule has 0 radical (unpaired) electrons. The maximum absolute atomic E-state index is 2.51. The molecule has 0 saturated heterocycles. The smallest absolute Gasteiger partial charge is 0.0726 e. The van der Waals surface area contributed by atoms with Gasteiger partial charge in [0, 0.05) is 34.1 Å². The fraction of sp³-hybridized carbons (Fsp3) is 0.0154. The average Bonchev–Trinajstić information content (AvgIpc) is 3.86. The Kier molecular flexibility index (Phi) is 9.11. The first-order valence-corrected chi connectivity index (χ1v) is 23.2. The first-order chi connectivity index (χ1) is 33.2. The quantitative estimate of drug-likeness (QED) is 0.150. The van der Waals surface area contributed by atoms with Crippen molar-refractivity contribution in [3.63, 3.8) is 0 Å². The third kappa shape index (κ3) is 6.26. The van der Waals surface area contributed by atoms with Crippen LogP contribution in [0.25, 0.3) is 55.3 Å². The molecule has 0 N–H and O–H groups in total. The van der Waals surface area contributed by atoms with Gasteiger partial charge in [0.1, 0.15) is 0 Å². The van der Waals surface area contributed by atoms with Crippen LogP contribution in [0.4, 0.5) is 34.1 Å². The highest BCUT2D eigenvalue weighted by atomic mass is 15.1. The summed E-state index contributed by atoms with van der Waals surface area (Å²) in [5, 5.41) is 2.41. The van der Waals surface area contributed by atoms with Crippen LogP contribution in [0, 0.1) is 0 Å². The van der Waals surface area contributed by atoms with E-state index in [0.29, 0.717) is 0 Å². The molecule has 0 saturated carbocycles.